The summed E-state index contributed by atoms with van der Waals surface area (Å²) in [6.07, 6.45) is 1.46. The topological polar surface area (TPSA) is 99.0 Å². The Morgan fingerprint density at radius 1 is 0.933 bits per heavy atom. The van der Waals surface area contributed by atoms with Crippen LogP contribution in [0.3, 0.4) is 0 Å². The smallest absolute Gasteiger partial charge is 0.238 e. The maximum atomic E-state index is 12.6. The molecular formula is C22H33N5O3. The van der Waals surface area contributed by atoms with Gasteiger partial charge in [0.2, 0.25) is 17.7 Å². The molecule has 0 atom stereocenters. The number of piperazine rings is 1. The second kappa shape index (κ2) is 10.0. The number of likely N-dealkylation sites (tertiary alicyclic amines) is 1. The minimum Gasteiger partial charge on any atom is -0.369 e. The maximum absolute atomic E-state index is 12.6. The number of anilines is 1. The van der Waals surface area contributed by atoms with Gasteiger partial charge in [-0.3, -0.25) is 24.2 Å². The molecule has 2 aliphatic rings. The minimum atomic E-state index is -0.237. The van der Waals surface area contributed by atoms with E-state index in [2.05, 4.69) is 15.1 Å². The van der Waals surface area contributed by atoms with Crippen LogP contribution >= 0.6 is 0 Å². The van der Waals surface area contributed by atoms with E-state index < -0.39 is 0 Å². The lowest BCUT2D eigenvalue weighted by molar-refractivity contribution is -0.134. The van der Waals surface area contributed by atoms with E-state index in [1.165, 1.54) is 0 Å². The van der Waals surface area contributed by atoms with Crippen LogP contribution in [0, 0.1) is 19.8 Å². The van der Waals surface area contributed by atoms with Crippen LogP contribution in [0.1, 0.15) is 24.0 Å². The first-order valence-corrected chi connectivity index (χ1v) is 10.7. The molecule has 30 heavy (non-hydrogen) atoms. The van der Waals surface area contributed by atoms with Gasteiger partial charge in [-0.05, 0) is 50.9 Å². The summed E-state index contributed by atoms with van der Waals surface area (Å²) in [5.41, 5.74) is 8.36. The fraction of sp³-hybridized carbons (Fsp3) is 0.591. The average Bonchev–Trinajstić information content (AvgIpc) is 2.72. The minimum absolute atomic E-state index is 0.0236. The average molecular weight is 416 g/mol. The molecule has 0 saturated carbocycles. The van der Waals surface area contributed by atoms with E-state index in [9.17, 15) is 14.4 Å². The molecule has 3 amide bonds. The summed E-state index contributed by atoms with van der Waals surface area (Å²) in [6, 6.07) is 5.96. The van der Waals surface area contributed by atoms with Crippen molar-refractivity contribution < 1.29 is 14.4 Å². The Kier molecular flexibility index (Phi) is 7.44. The van der Waals surface area contributed by atoms with Crippen molar-refractivity contribution in [1.82, 2.24) is 14.7 Å². The zero-order valence-corrected chi connectivity index (χ0v) is 18.0. The largest absolute Gasteiger partial charge is 0.369 e. The molecule has 2 heterocycles. The Morgan fingerprint density at radius 3 is 2.07 bits per heavy atom. The van der Waals surface area contributed by atoms with Crippen molar-refractivity contribution in [1.29, 1.82) is 0 Å². The van der Waals surface area contributed by atoms with E-state index in [0.29, 0.717) is 39.3 Å². The van der Waals surface area contributed by atoms with E-state index in [0.717, 1.165) is 42.7 Å². The summed E-state index contributed by atoms with van der Waals surface area (Å²) in [5, 5.41) is 3.02. The molecule has 0 bridgehead atoms. The van der Waals surface area contributed by atoms with Crippen molar-refractivity contribution in [2.75, 3.05) is 57.7 Å². The molecule has 0 aromatic heterocycles. The summed E-state index contributed by atoms with van der Waals surface area (Å²) in [6.45, 7) is 8.81. The van der Waals surface area contributed by atoms with Gasteiger partial charge in [0.1, 0.15) is 0 Å². The van der Waals surface area contributed by atoms with Crippen LogP contribution in [0.25, 0.3) is 0 Å². The molecule has 8 nitrogen and oxygen atoms in total. The van der Waals surface area contributed by atoms with Gasteiger partial charge in [-0.25, -0.2) is 0 Å². The number of benzene rings is 1. The molecule has 0 aliphatic carbocycles. The molecule has 1 aromatic carbocycles. The quantitative estimate of drug-likeness (QED) is 0.708. The van der Waals surface area contributed by atoms with E-state index in [1.54, 1.807) is 0 Å². The molecule has 0 unspecified atom stereocenters. The summed E-state index contributed by atoms with van der Waals surface area (Å²) in [4.78, 5) is 42.4. The molecule has 3 rings (SSSR count). The number of amides is 3. The third-order valence-corrected chi connectivity index (χ3v) is 6.19. The van der Waals surface area contributed by atoms with Gasteiger partial charge in [0.25, 0.3) is 0 Å². The highest BCUT2D eigenvalue weighted by atomic mass is 16.2. The van der Waals surface area contributed by atoms with Crippen LogP contribution in [-0.4, -0.2) is 84.8 Å². The number of hydrogen-bond donors (Lipinski definition) is 2. The van der Waals surface area contributed by atoms with Crippen molar-refractivity contribution in [3.63, 3.8) is 0 Å². The molecule has 164 valence electrons. The molecule has 0 radical (unpaired) electrons. The molecular weight excluding hydrogens is 382 g/mol. The Labute approximate surface area is 178 Å². The highest BCUT2D eigenvalue weighted by Gasteiger charge is 2.27. The molecule has 2 aliphatic heterocycles. The fourth-order valence-electron chi connectivity index (χ4n) is 4.22. The van der Waals surface area contributed by atoms with E-state index >= 15 is 0 Å². The first-order valence-electron chi connectivity index (χ1n) is 10.7. The molecule has 2 fully saturated rings. The number of piperidine rings is 1. The van der Waals surface area contributed by atoms with Crippen LogP contribution in [0.15, 0.2) is 18.2 Å². The van der Waals surface area contributed by atoms with Gasteiger partial charge in [-0.15, -0.1) is 0 Å². The zero-order valence-electron chi connectivity index (χ0n) is 18.0. The summed E-state index contributed by atoms with van der Waals surface area (Å²) in [7, 11) is 0. The highest BCUT2D eigenvalue weighted by Crippen LogP contribution is 2.19. The number of para-hydroxylation sites is 1. The van der Waals surface area contributed by atoms with Crippen LogP contribution in [0.5, 0.6) is 0 Å². The van der Waals surface area contributed by atoms with Crippen LogP contribution < -0.4 is 11.1 Å². The SMILES string of the molecule is Cc1cccc(C)c1NC(=O)CN1CCN(C(=O)CN2CCC(C(N)=O)CC2)CC1. The van der Waals surface area contributed by atoms with Gasteiger partial charge in [0, 0.05) is 37.8 Å². The monoisotopic (exact) mass is 415 g/mol. The molecule has 3 N–H and O–H groups in total. The van der Waals surface area contributed by atoms with Crippen molar-refractivity contribution in [3.05, 3.63) is 29.3 Å². The predicted molar refractivity (Wildman–Crippen MR) is 116 cm³/mol. The lowest BCUT2D eigenvalue weighted by Crippen LogP contribution is -2.53. The summed E-state index contributed by atoms with van der Waals surface area (Å²) >= 11 is 0. The fourth-order valence-corrected chi connectivity index (χ4v) is 4.22. The number of carbonyl (C=O) groups is 3. The van der Waals surface area contributed by atoms with Crippen molar-refractivity contribution in [3.8, 4) is 0 Å². The number of carbonyl (C=O) groups excluding carboxylic acids is 3. The Morgan fingerprint density at radius 2 is 1.50 bits per heavy atom. The number of rotatable bonds is 6. The lowest BCUT2D eigenvalue weighted by atomic mass is 9.96. The van der Waals surface area contributed by atoms with Gasteiger partial charge in [0.15, 0.2) is 0 Å². The van der Waals surface area contributed by atoms with Crippen LogP contribution in [-0.2, 0) is 14.4 Å². The molecule has 1 aromatic rings. The number of nitrogens with zero attached hydrogens (tertiary/aromatic N) is 3. The van der Waals surface area contributed by atoms with Crippen LogP contribution in [0.2, 0.25) is 0 Å². The normalized spacial score (nSPS) is 18.9. The molecule has 2 saturated heterocycles. The highest BCUT2D eigenvalue weighted by molar-refractivity contribution is 5.93. The van der Waals surface area contributed by atoms with Gasteiger partial charge in [0.05, 0.1) is 13.1 Å². The lowest BCUT2D eigenvalue weighted by Gasteiger charge is -2.36. The maximum Gasteiger partial charge on any atom is 0.238 e. The number of hydrogen-bond acceptors (Lipinski definition) is 5. The number of nitrogens with one attached hydrogen (secondary N) is 1. The second-order valence-electron chi connectivity index (χ2n) is 8.42. The number of nitrogens with two attached hydrogens (primary N) is 1. The first kappa shape index (κ1) is 22.2. The van der Waals surface area contributed by atoms with E-state index in [-0.39, 0.29) is 23.6 Å². The first-order chi connectivity index (χ1) is 14.3. The van der Waals surface area contributed by atoms with E-state index in [4.69, 9.17) is 5.73 Å². The van der Waals surface area contributed by atoms with Crippen LogP contribution in [0.4, 0.5) is 5.69 Å². The second-order valence-corrected chi connectivity index (χ2v) is 8.42. The van der Waals surface area contributed by atoms with Crippen molar-refractivity contribution in [2.24, 2.45) is 11.7 Å². The van der Waals surface area contributed by atoms with Crippen molar-refractivity contribution in [2.45, 2.75) is 26.7 Å². The zero-order chi connectivity index (χ0) is 21.7. The Bertz CT molecular complexity index is 761. The van der Waals surface area contributed by atoms with Gasteiger partial charge in [-0.1, -0.05) is 18.2 Å². The summed E-state index contributed by atoms with van der Waals surface area (Å²) < 4.78 is 0. The van der Waals surface area contributed by atoms with Gasteiger partial charge < -0.3 is 16.0 Å². The predicted octanol–water partition coefficient (Wildman–Crippen LogP) is 0.583. The molecule has 8 heteroatoms. The molecule has 0 spiro atoms. The van der Waals surface area contributed by atoms with Gasteiger partial charge in [-0.2, -0.15) is 0 Å². The number of primary amides is 1. The van der Waals surface area contributed by atoms with Crippen molar-refractivity contribution >= 4 is 23.4 Å². The van der Waals surface area contributed by atoms with E-state index in [1.807, 2.05) is 36.9 Å². The summed E-state index contributed by atoms with van der Waals surface area (Å²) in [5.74, 6) is -0.204. The standard InChI is InChI=1S/C22H33N5O3/c1-16-4-3-5-17(2)21(16)24-19(28)14-26-10-12-27(13-11-26)20(29)15-25-8-6-18(7-9-25)22(23)30/h3-5,18H,6-15H2,1-2H3,(H2,23,30)(H,24,28). The Balaban J connectivity index is 1.40. The third kappa shape index (κ3) is 5.79. The van der Waals surface area contributed by atoms with Gasteiger partial charge >= 0.3 is 0 Å². The third-order valence-electron chi connectivity index (χ3n) is 6.19. The Hall–Kier alpha value is -2.45. The number of aryl methyl sites for hydroxylation is 2.